The summed E-state index contributed by atoms with van der Waals surface area (Å²) < 4.78 is 0. The third-order valence-corrected chi connectivity index (χ3v) is 3.30. The van der Waals surface area contributed by atoms with Crippen LogP contribution in [0.5, 0.6) is 0 Å². The molecule has 1 nitrogen and oxygen atoms in total. The minimum atomic E-state index is 0.157. The van der Waals surface area contributed by atoms with Crippen LogP contribution in [0.2, 0.25) is 5.02 Å². The van der Waals surface area contributed by atoms with E-state index in [0.29, 0.717) is 0 Å². The van der Waals surface area contributed by atoms with Crippen LogP contribution in [0, 0.1) is 0 Å². The number of hydrogen-bond donors (Lipinski definition) is 1. The quantitative estimate of drug-likeness (QED) is 0.695. The van der Waals surface area contributed by atoms with Gasteiger partial charge in [0.15, 0.2) is 0 Å². The van der Waals surface area contributed by atoms with E-state index >= 15 is 0 Å². The largest absolute Gasteiger partial charge is 0.380 e. The molecule has 1 heterocycles. The van der Waals surface area contributed by atoms with Crippen molar-refractivity contribution in [3.05, 3.63) is 28.8 Å². The van der Waals surface area contributed by atoms with Crippen molar-refractivity contribution in [1.82, 2.24) is 0 Å². The van der Waals surface area contributed by atoms with Crippen molar-refractivity contribution >= 4 is 17.3 Å². The van der Waals surface area contributed by atoms with Crippen LogP contribution in [0.4, 0.5) is 5.69 Å². The van der Waals surface area contributed by atoms with Gasteiger partial charge in [0, 0.05) is 16.2 Å². The molecule has 1 aliphatic rings. The van der Waals surface area contributed by atoms with Gasteiger partial charge in [-0.15, -0.1) is 0 Å². The van der Waals surface area contributed by atoms with Crippen LogP contribution in [0.3, 0.4) is 0 Å². The Balaban J connectivity index is 2.55. The van der Waals surface area contributed by atoms with Crippen molar-refractivity contribution in [2.45, 2.75) is 45.1 Å². The number of rotatable bonds is 0. The Kier molecular flexibility index (Phi) is 2.27. The van der Waals surface area contributed by atoms with Gasteiger partial charge in [-0.2, -0.15) is 0 Å². The van der Waals surface area contributed by atoms with E-state index in [4.69, 9.17) is 11.6 Å². The van der Waals surface area contributed by atoms with Crippen molar-refractivity contribution in [3.63, 3.8) is 0 Å². The lowest BCUT2D eigenvalue weighted by molar-refractivity contribution is 0.355. The summed E-state index contributed by atoms with van der Waals surface area (Å²) in [7, 11) is 0. The second-order valence-electron chi connectivity index (χ2n) is 5.76. The highest BCUT2D eigenvalue weighted by Gasteiger charge is 2.36. The number of fused-ring (bicyclic) bond motifs is 1. The third kappa shape index (κ3) is 1.98. The average molecular weight is 224 g/mol. The molecule has 0 saturated carbocycles. The molecule has 1 aromatic carbocycles. The SMILES string of the molecule is CC1(C)CC(C)(C)c2cc(Cl)ccc2N1. The van der Waals surface area contributed by atoms with Gasteiger partial charge in [0.2, 0.25) is 0 Å². The Morgan fingerprint density at radius 3 is 2.53 bits per heavy atom. The Labute approximate surface area is 96.8 Å². The van der Waals surface area contributed by atoms with Crippen molar-refractivity contribution in [2.75, 3.05) is 5.32 Å². The smallest absolute Gasteiger partial charge is 0.0410 e. The molecule has 0 saturated heterocycles. The number of benzene rings is 1. The lowest BCUT2D eigenvalue weighted by atomic mass is 9.71. The zero-order valence-corrected chi connectivity index (χ0v) is 10.6. The fraction of sp³-hybridized carbons (Fsp3) is 0.538. The third-order valence-electron chi connectivity index (χ3n) is 3.07. The van der Waals surface area contributed by atoms with Crippen LogP contribution >= 0.6 is 11.6 Å². The van der Waals surface area contributed by atoms with Crippen LogP contribution in [0.25, 0.3) is 0 Å². The Morgan fingerprint density at radius 2 is 1.87 bits per heavy atom. The van der Waals surface area contributed by atoms with Crippen molar-refractivity contribution in [1.29, 1.82) is 0 Å². The van der Waals surface area contributed by atoms with Gasteiger partial charge in [0.05, 0.1) is 0 Å². The summed E-state index contributed by atoms with van der Waals surface area (Å²) in [6.45, 7) is 9.05. The molecule has 1 N–H and O–H groups in total. The van der Waals surface area contributed by atoms with Crippen molar-refractivity contribution < 1.29 is 0 Å². The highest BCUT2D eigenvalue weighted by Crippen LogP contribution is 2.43. The maximum absolute atomic E-state index is 6.05. The van der Waals surface area contributed by atoms with Gasteiger partial charge in [0.25, 0.3) is 0 Å². The average Bonchev–Trinajstić information content (AvgIpc) is 2.03. The van der Waals surface area contributed by atoms with E-state index in [0.717, 1.165) is 11.4 Å². The first-order valence-corrected chi connectivity index (χ1v) is 5.76. The molecule has 2 rings (SSSR count). The zero-order chi connectivity index (χ0) is 11.3. The fourth-order valence-electron chi connectivity index (χ4n) is 2.79. The molecule has 0 aromatic heterocycles. The molecule has 0 fully saturated rings. The van der Waals surface area contributed by atoms with Gasteiger partial charge in [-0.1, -0.05) is 25.4 Å². The molecule has 1 aliphatic heterocycles. The van der Waals surface area contributed by atoms with E-state index in [1.165, 1.54) is 11.3 Å². The van der Waals surface area contributed by atoms with Gasteiger partial charge in [-0.05, 0) is 49.4 Å². The van der Waals surface area contributed by atoms with E-state index < -0.39 is 0 Å². The summed E-state index contributed by atoms with van der Waals surface area (Å²) in [6.07, 6.45) is 1.12. The second-order valence-corrected chi connectivity index (χ2v) is 6.20. The van der Waals surface area contributed by atoms with Gasteiger partial charge >= 0.3 is 0 Å². The van der Waals surface area contributed by atoms with Gasteiger partial charge in [0.1, 0.15) is 0 Å². The molecular formula is C13H18ClN. The number of nitrogens with one attached hydrogen (secondary N) is 1. The predicted octanol–water partition coefficient (Wildman–Crippen LogP) is 4.21. The summed E-state index contributed by atoms with van der Waals surface area (Å²) in [4.78, 5) is 0. The Morgan fingerprint density at radius 1 is 1.20 bits per heavy atom. The van der Waals surface area contributed by atoms with Crippen LogP contribution in [0.15, 0.2) is 18.2 Å². The summed E-state index contributed by atoms with van der Waals surface area (Å²) in [5, 5.41) is 4.38. The zero-order valence-electron chi connectivity index (χ0n) is 9.82. The summed E-state index contributed by atoms with van der Waals surface area (Å²) in [5.41, 5.74) is 2.90. The van der Waals surface area contributed by atoms with E-state index in [2.05, 4.69) is 45.1 Å². The maximum Gasteiger partial charge on any atom is 0.0410 e. The van der Waals surface area contributed by atoms with Gasteiger partial charge < -0.3 is 5.32 Å². The highest BCUT2D eigenvalue weighted by molar-refractivity contribution is 6.30. The maximum atomic E-state index is 6.05. The minimum Gasteiger partial charge on any atom is -0.380 e. The van der Waals surface area contributed by atoms with E-state index in [-0.39, 0.29) is 11.0 Å². The van der Waals surface area contributed by atoms with E-state index in [1.54, 1.807) is 0 Å². The van der Waals surface area contributed by atoms with Gasteiger partial charge in [-0.25, -0.2) is 0 Å². The summed E-state index contributed by atoms with van der Waals surface area (Å²) in [5.74, 6) is 0. The first kappa shape index (κ1) is 10.8. The fourth-order valence-corrected chi connectivity index (χ4v) is 2.97. The lowest BCUT2D eigenvalue weighted by Crippen LogP contribution is -2.43. The molecule has 0 unspecified atom stereocenters. The molecule has 0 aliphatic carbocycles. The van der Waals surface area contributed by atoms with E-state index in [9.17, 15) is 0 Å². The first-order chi connectivity index (χ1) is 6.80. The van der Waals surface area contributed by atoms with Crippen molar-refractivity contribution in [3.8, 4) is 0 Å². The minimum absolute atomic E-state index is 0.157. The molecular weight excluding hydrogens is 206 g/mol. The summed E-state index contributed by atoms with van der Waals surface area (Å²) >= 11 is 6.05. The molecule has 0 radical (unpaired) electrons. The molecule has 0 spiro atoms. The predicted molar refractivity (Wildman–Crippen MR) is 66.8 cm³/mol. The highest BCUT2D eigenvalue weighted by atomic mass is 35.5. The standard InChI is InChI=1S/C13H18ClN/c1-12(2)8-13(3,4)15-11-6-5-9(14)7-10(11)12/h5-7,15H,8H2,1-4H3. The number of anilines is 1. The van der Waals surface area contributed by atoms with Crippen LogP contribution in [0.1, 0.15) is 39.7 Å². The van der Waals surface area contributed by atoms with Gasteiger partial charge in [-0.3, -0.25) is 0 Å². The molecule has 0 atom stereocenters. The summed E-state index contributed by atoms with van der Waals surface area (Å²) in [6, 6.07) is 6.12. The molecule has 1 aromatic rings. The monoisotopic (exact) mass is 223 g/mol. The van der Waals surface area contributed by atoms with Crippen LogP contribution in [-0.2, 0) is 5.41 Å². The molecule has 2 heteroatoms. The first-order valence-electron chi connectivity index (χ1n) is 5.38. The normalized spacial score (nSPS) is 21.7. The molecule has 82 valence electrons. The lowest BCUT2D eigenvalue weighted by Gasteiger charge is -2.43. The van der Waals surface area contributed by atoms with Crippen molar-refractivity contribution in [2.24, 2.45) is 0 Å². The van der Waals surface area contributed by atoms with Crippen LogP contribution in [-0.4, -0.2) is 5.54 Å². The molecule has 0 amide bonds. The molecule has 15 heavy (non-hydrogen) atoms. The Bertz CT molecular complexity index is 394. The molecule has 0 bridgehead atoms. The Hall–Kier alpha value is -0.690. The van der Waals surface area contributed by atoms with Crippen LogP contribution < -0.4 is 5.32 Å². The second kappa shape index (κ2) is 3.15. The number of halogens is 1. The number of hydrogen-bond acceptors (Lipinski definition) is 1. The van der Waals surface area contributed by atoms with E-state index in [1.807, 2.05) is 6.07 Å². The topological polar surface area (TPSA) is 12.0 Å².